The predicted octanol–water partition coefficient (Wildman–Crippen LogP) is 3.03. The maximum Gasteiger partial charge on any atom is 0.250 e. The molecule has 2 amide bonds. The second-order valence-corrected chi connectivity index (χ2v) is 7.45. The molecule has 0 spiro atoms. The highest BCUT2D eigenvalue weighted by molar-refractivity contribution is 9.10. The monoisotopic (exact) mass is 352 g/mol. The second-order valence-electron chi connectivity index (χ2n) is 6.54. The fourth-order valence-electron chi connectivity index (χ4n) is 2.47. The number of aryl methyl sites for hydroxylation is 1. The number of hydrogen-bond donors (Lipinski definition) is 1. The van der Waals surface area contributed by atoms with E-state index in [9.17, 15) is 9.59 Å². The Hall–Kier alpha value is -1.36. The molecule has 0 aromatic heterocycles. The zero-order valence-corrected chi connectivity index (χ0v) is 14.5. The minimum Gasteiger partial charge on any atom is -0.344 e. The maximum atomic E-state index is 12.9. The number of anilines is 1. The summed E-state index contributed by atoms with van der Waals surface area (Å²) in [6, 6.07) is 5.35. The molecule has 21 heavy (non-hydrogen) atoms. The van der Waals surface area contributed by atoms with Gasteiger partial charge in [-0.1, -0.05) is 42.8 Å². The molecule has 0 radical (unpaired) electrons. The molecule has 1 aliphatic heterocycles. The van der Waals surface area contributed by atoms with Gasteiger partial charge < -0.3 is 10.2 Å². The van der Waals surface area contributed by atoms with Crippen LogP contribution >= 0.6 is 15.9 Å². The van der Waals surface area contributed by atoms with E-state index in [0.717, 1.165) is 15.7 Å². The lowest BCUT2D eigenvalue weighted by molar-refractivity contribution is -0.127. The number of nitrogens with zero attached hydrogens (tertiary/aromatic N) is 1. The Morgan fingerprint density at radius 2 is 1.95 bits per heavy atom. The fraction of sp³-hybridized carbons (Fsp3) is 0.500. The van der Waals surface area contributed by atoms with Gasteiger partial charge in [-0.05, 0) is 30.0 Å². The lowest BCUT2D eigenvalue weighted by atomic mass is 9.86. The highest BCUT2D eigenvalue weighted by Gasteiger charge is 2.38. The molecule has 1 heterocycles. The van der Waals surface area contributed by atoms with E-state index >= 15 is 0 Å². The van der Waals surface area contributed by atoms with E-state index in [4.69, 9.17) is 0 Å². The molecule has 0 saturated carbocycles. The summed E-state index contributed by atoms with van der Waals surface area (Å²) >= 11 is 3.45. The van der Waals surface area contributed by atoms with Gasteiger partial charge in [-0.15, -0.1) is 0 Å². The third-order valence-electron chi connectivity index (χ3n) is 3.71. The molecule has 1 aromatic rings. The largest absolute Gasteiger partial charge is 0.344 e. The third kappa shape index (κ3) is 3.46. The Bertz CT molecular complexity index is 578. The first-order chi connectivity index (χ1) is 9.70. The van der Waals surface area contributed by atoms with Crippen molar-refractivity contribution in [1.82, 2.24) is 5.32 Å². The lowest BCUT2D eigenvalue weighted by Gasteiger charge is -2.32. The van der Waals surface area contributed by atoms with E-state index < -0.39 is 6.04 Å². The molecule has 1 aliphatic rings. The van der Waals surface area contributed by atoms with Gasteiger partial charge in [0, 0.05) is 23.1 Å². The van der Waals surface area contributed by atoms with Gasteiger partial charge in [-0.3, -0.25) is 9.59 Å². The van der Waals surface area contributed by atoms with Crippen molar-refractivity contribution in [3.8, 4) is 0 Å². The van der Waals surface area contributed by atoms with Crippen LogP contribution in [-0.4, -0.2) is 24.4 Å². The highest BCUT2D eigenvalue weighted by Crippen LogP contribution is 2.29. The minimum atomic E-state index is -0.508. The van der Waals surface area contributed by atoms with Crippen LogP contribution in [0.4, 0.5) is 5.69 Å². The number of benzene rings is 1. The Morgan fingerprint density at radius 1 is 1.29 bits per heavy atom. The molecule has 5 heteroatoms. The summed E-state index contributed by atoms with van der Waals surface area (Å²) in [5, 5.41) is 2.86. The molecule has 0 bridgehead atoms. The summed E-state index contributed by atoms with van der Waals surface area (Å²) in [7, 11) is 0. The van der Waals surface area contributed by atoms with Crippen molar-refractivity contribution >= 4 is 33.4 Å². The number of amides is 2. The van der Waals surface area contributed by atoms with Crippen molar-refractivity contribution in [2.24, 2.45) is 5.41 Å². The summed E-state index contributed by atoms with van der Waals surface area (Å²) in [5.41, 5.74) is 1.56. The topological polar surface area (TPSA) is 49.4 Å². The number of nitrogens with one attached hydrogen (secondary N) is 1. The van der Waals surface area contributed by atoms with Crippen LogP contribution in [0.3, 0.4) is 0 Å². The summed E-state index contributed by atoms with van der Waals surface area (Å²) in [5.74, 6) is -0.118. The lowest BCUT2D eigenvalue weighted by Crippen LogP contribution is -2.52. The molecule has 1 aromatic carbocycles. The van der Waals surface area contributed by atoms with Crippen molar-refractivity contribution in [2.75, 3.05) is 11.4 Å². The summed E-state index contributed by atoms with van der Waals surface area (Å²) in [6.07, 6.45) is 0.324. The SMILES string of the molecule is Cc1ccc(Br)cc1N1CCC(=O)NC(C(C)(C)C)C1=O. The van der Waals surface area contributed by atoms with Crippen LogP contribution in [0.2, 0.25) is 0 Å². The molecule has 1 fully saturated rings. The molecule has 114 valence electrons. The average Bonchev–Trinajstić information content (AvgIpc) is 2.52. The first kappa shape index (κ1) is 16.0. The number of rotatable bonds is 1. The Kier molecular flexibility index (Phi) is 4.42. The van der Waals surface area contributed by atoms with Crippen molar-refractivity contribution < 1.29 is 9.59 Å². The normalized spacial score (nSPS) is 20.2. The summed E-state index contributed by atoms with van der Waals surface area (Å²) in [6.45, 7) is 8.28. The summed E-state index contributed by atoms with van der Waals surface area (Å²) in [4.78, 5) is 26.5. The smallest absolute Gasteiger partial charge is 0.250 e. The Morgan fingerprint density at radius 3 is 2.57 bits per heavy atom. The fourth-order valence-corrected chi connectivity index (χ4v) is 2.82. The van der Waals surface area contributed by atoms with Gasteiger partial charge in [0.2, 0.25) is 11.8 Å². The highest BCUT2D eigenvalue weighted by atomic mass is 79.9. The number of halogens is 1. The van der Waals surface area contributed by atoms with Crippen LogP contribution < -0.4 is 10.2 Å². The van der Waals surface area contributed by atoms with Crippen LogP contribution in [-0.2, 0) is 9.59 Å². The van der Waals surface area contributed by atoms with Crippen molar-refractivity contribution in [2.45, 2.75) is 40.2 Å². The molecule has 1 unspecified atom stereocenters. The van der Waals surface area contributed by atoms with Gasteiger partial charge in [-0.2, -0.15) is 0 Å². The van der Waals surface area contributed by atoms with E-state index in [1.54, 1.807) is 4.90 Å². The zero-order valence-electron chi connectivity index (χ0n) is 12.9. The first-order valence-corrected chi connectivity index (χ1v) is 7.86. The molecular formula is C16H21BrN2O2. The van der Waals surface area contributed by atoms with Gasteiger partial charge in [-0.25, -0.2) is 0 Å². The molecule has 4 nitrogen and oxygen atoms in total. The first-order valence-electron chi connectivity index (χ1n) is 7.07. The van der Waals surface area contributed by atoms with E-state index in [-0.39, 0.29) is 17.2 Å². The summed E-state index contributed by atoms with van der Waals surface area (Å²) < 4.78 is 0.923. The van der Waals surface area contributed by atoms with Gasteiger partial charge >= 0.3 is 0 Å². The molecule has 1 saturated heterocycles. The van der Waals surface area contributed by atoms with Crippen LogP contribution in [0.15, 0.2) is 22.7 Å². The molecule has 2 rings (SSSR count). The predicted molar refractivity (Wildman–Crippen MR) is 87.2 cm³/mol. The van der Waals surface area contributed by atoms with E-state index in [1.165, 1.54) is 0 Å². The number of carbonyl (C=O) groups is 2. The molecular weight excluding hydrogens is 332 g/mol. The van der Waals surface area contributed by atoms with Crippen molar-refractivity contribution in [3.63, 3.8) is 0 Å². The minimum absolute atomic E-state index is 0.0467. The van der Waals surface area contributed by atoms with Gasteiger partial charge in [0.15, 0.2) is 0 Å². The molecule has 0 aliphatic carbocycles. The third-order valence-corrected chi connectivity index (χ3v) is 4.20. The second kappa shape index (κ2) is 5.79. The Labute approximate surface area is 134 Å². The number of hydrogen-bond acceptors (Lipinski definition) is 2. The van der Waals surface area contributed by atoms with Gasteiger partial charge in [0.1, 0.15) is 6.04 Å². The quantitative estimate of drug-likeness (QED) is 0.844. The van der Waals surface area contributed by atoms with E-state index in [1.807, 2.05) is 45.9 Å². The van der Waals surface area contributed by atoms with E-state index in [2.05, 4.69) is 21.2 Å². The van der Waals surface area contributed by atoms with Crippen molar-refractivity contribution in [1.29, 1.82) is 0 Å². The van der Waals surface area contributed by atoms with Crippen molar-refractivity contribution in [3.05, 3.63) is 28.2 Å². The number of carbonyl (C=O) groups excluding carboxylic acids is 2. The average molecular weight is 353 g/mol. The van der Waals surface area contributed by atoms with Gasteiger partial charge in [0.25, 0.3) is 0 Å². The van der Waals surface area contributed by atoms with Gasteiger partial charge in [0.05, 0.1) is 0 Å². The Balaban J connectivity index is 2.45. The van der Waals surface area contributed by atoms with E-state index in [0.29, 0.717) is 13.0 Å². The molecule has 1 N–H and O–H groups in total. The van der Waals surface area contributed by atoms with Crippen LogP contribution in [0.5, 0.6) is 0 Å². The standard InChI is InChI=1S/C16H21BrN2O2/c1-10-5-6-11(17)9-12(10)19-8-7-13(20)18-14(15(19)21)16(2,3)4/h5-6,9,14H,7-8H2,1-4H3,(H,18,20). The maximum absolute atomic E-state index is 12.9. The molecule has 1 atom stereocenters. The van der Waals surface area contributed by atoms with Crippen LogP contribution in [0, 0.1) is 12.3 Å². The zero-order chi connectivity index (χ0) is 15.8. The van der Waals surface area contributed by atoms with Crippen LogP contribution in [0.1, 0.15) is 32.8 Å². The van der Waals surface area contributed by atoms with Crippen LogP contribution in [0.25, 0.3) is 0 Å².